The lowest BCUT2D eigenvalue weighted by Gasteiger charge is -2.34. The van der Waals surface area contributed by atoms with Gasteiger partial charge < -0.3 is 10.2 Å². The number of hydrazine groups is 1. The molecule has 0 saturated carbocycles. The minimum atomic E-state index is -1.08. The molecule has 1 aromatic heterocycles. The number of hydrogen-bond acceptors (Lipinski definition) is 6. The largest absolute Gasteiger partial charge is 0.344 e. The number of nitrogens with one attached hydrogen (secondary N) is 2. The van der Waals surface area contributed by atoms with Crippen LogP contribution >= 0.6 is 11.3 Å². The van der Waals surface area contributed by atoms with Crippen molar-refractivity contribution in [2.75, 3.05) is 32.7 Å². The smallest absolute Gasteiger partial charge is 0.335 e. The summed E-state index contributed by atoms with van der Waals surface area (Å²) in [6, 6.07) is 12.7. The normalized spacial score (nSPS) is 21.2. The van der Waals surface area contributed by atoms with Crippen LogP contribution in [-0.4, -0.2) is 76.8 Å². The molecule has 2 saturated heterocycles. The number of imide groups is 1. The predicted molar refractivity (Wildman–Crippen MR) is 123 cm³/mol. The Labute approximate surface area is 196 Å². The number of aryl methyl sites for hydroxylation is 1. The maximum absolute atomic E-state index is 12.9. The molecule has 174 valence electrons. The Bertz CT molecular complexity index is 1020. The first-order valence-corrected chi connectivity index (χ1v) is 11.8. The number of carbonyl (C=O) groups is 4. The van der Waals surface area contributed by atoms with Gasteiger partial charge in [0.05, 0.1) is 11.4 Å². The molecule has 1 atom stereocenters. The molecule has 2 N–H and O–H groups in total. The third-order valence-corrected chi connectivity index (χ3v) is 6.87. The van der Waals surface area contributed by atoms with Crippen molar-refractivity contribution < 1.29 is 19.2 Å². The number of urea groups is 1. The number of hydrogen-bond donors (Lipinski definition) is 2. The summed E-state index contributed by atoms with van der Waals surface area (Å²) in [7, 11) is 0. The first kappa shape index (κ1) is 22.9. The predicted octanol–water partition coefficient (Wildman–Crippen LogP) is 1.48. The molecule has 1 aromatic carbocycles. The van der Waals surface area contributed by atoms with Crippen LogP contribution in [0.2, 0.25) is 0 Å². The Hall–Kier alpha value is -3.24. The van der Waals surface area contributed by atoms with E-state index < -0.39 is 23.4 Å². The summed E-state index contributed by atoms with van der Waals surface area (Å²) in [4.78, 5) is 54.7. The van der Waals surface area contributed by atoms with E-state index in [-0.39, 0.29) is 12.5 Å². The molecule has 4 rings (SSSR count). The molecular weight excluding hydrogens is 442 g/mol. The highest BCUT2D eigenvalue weighted by molar-refractivity contribution is 7.12. The van der Waals surface area contributed by atoms with Gasteiger partial charge in [-0.25, -0.2) is 4.79 Å². The van der Waals surface area contributed by atoms with Gasteiger partial charge in [-0.1, -0.05) is 36.4 Å². The van der Waals surface area contributed by atoms with Crippen molar-refractivity contribution >= 4 is 35.1 Å². The van der Waals surface area contributed by atoms with E-state index in [1.54, 1.807) is 17.9 Å². The lowest BCUT2D eigenvalue weighted by molar-refractivity contribution is -0.139. The Morgan fingerprint density at radius 2 is 1.79 bits per heavy atom. The Morgan fingerprint density at radius 3 is 2.45 bits per heavy atom. The van der Waals surface area contributed by atoms with Crippen LogP contribution in [0.5, 0.6) is 0 Å². The highest BCUT2D eigenvalue weighted by atomic mass is 32.1. The fourth-order valence-electron chi connectivity index (χ4n) is 4.02. The average molecular weight is 470 g/mol. The quantitative estimate of drug-likeness (QED) is 0.598. The van der Waals surface area contributed by atoms with Gasteiger partial charge in [-0.15, -0.1) is 11.3 Å². The second kappa shape index (κ2) is 9.72. The fourth-order valence-corrected chi connectivity index (χ4v) is 4.71. The van der Waals surface area contributed by atoms with E-state index in [0.29, 0.717) is 43.9 Å². The van der Waals surface area contributed by atoms with Crippen LogP contribution in [-0.2, 0) is 16.0 Å². The van der Waals surface area contributed by atoms with Crippen molar-refractivity contribution in [1.29, 1.82) is 0 Å². The molecular formula is C23H27N5O4S. The number of benzene rings is 1. The van der Waals surface area contributed by atoms with Crippen molar-refractivity contribution in [1.82, 2.24) is 25.6 Å². The molecule has 5 amide bonds. The molecule has 33 heavy (non-hydrogen) atoms. The minimum absolute atomic E-state index is 0.00299. The van der Waals surface area contributed by atoms with Crippen molar-refractivity contribution in [2.45, 2.75) is 25.3 Å². The number of amides is 5. The van der Waals surface area contributed by atoms with Gasteiger partial charge in [-0.05, 0) is 36.8 Å². The third kappa shape index (κ3) is 5.23. The highest BCUT2D eigenvalue weighted by Gasteiger charge is 2.48. The minimum Gasteiger partial charge on any atom is -0.335 e. The zero-order valence-electron chi connectivity index (χ0n) is 18.5. The molecule has 0 aliphatic carbocycles. The van der Waals surface area contributed by atoms with Crippen LogP contribution < -0.4 is 10.7 Å². The van der Waals surface area contributed by atoms with Gasteiger partial charge in [-0.3, -0.25) is 24.7 Å². The maximum Gasteiger partial charge on any atom is 0.344 e. The molecule has 10 heteroatoms. The van der Waals surface area contributed by atoms with E-state index in [1.807, 2.05) is 46.7 Å². The number of carbonyl (C=O) groups excluding carboxylic acids is 4. The van der Waals surface area contributed by atoms with Crippen LogP contribution in [0, 0.1) is 0 Å². The standard InChI is InChI=1S/C23H27N5O4S/c1-23(10-9-17-6-3-2-4-7-17)21(31)28(22(32)24-23)25-19(29)16-26-11-13-27(14-12-26)20(30)18-8-5-15-33-18/h2-8,15H,9-14,16H2,1H3,(H,24,32)(H,25,29)/t23-/m1/s1. The van der Waals surface area contributed by atoms with Crippen LogP contribution in [0.3, 0.4) is 0 Å². The van der Waals surface area contributed by atoms with Crippen LogP contribution in [0.4, 0.5) is 4.79 Å². The zero-order valence-corrected chi connectivity index (χ0v) is 19.3. The van der Waals surface area contributed by atoms with Gasteiger partial charge in [0, 0.05) is 26.2 Å². The van der Waals surface area contributed by atoms with E-state index in [9.17, 15) is 19.2 Å². The van der Waals surface area contributed by atoms with E-state index in [0.717, 1.165) is 10.6 Å². The molecule has 2 aliphatic heterocycles. The Morgan fingerprint density at radius 1 is 1.06 bits per heavy atom. The fraction of sp³-hybridized carbons (Fsp3) is 0.391. The summed E-state index contributed by atoms with van der Waals surface area (Å²) in [5.74, 6) is -0.907. The van der Waals surface area contributed by atoms with Crippen molar-refractivity contribution in [3.63, 3.8) is 0 Å². The van der Waals surface area contributed by atoms with Crippen molar-refractivity contribution in [2.24, 2.45) is 0 Å². The van der Waals surface area contributed by atoms with Gasteiger partial charge in [0.25, 0.3) is 17.7 Å². The summed E-state index contributed by atoms with van der Waals surface area (Å²) in [6.07, 6.45) is 1.05. The average Bonchev–Trinajstić information content (AvgIpc) is 3.42. The van der Waals surface area contributed by atoms with Gasteiger partial charge in [0.2, 0.25) is 0 Å². The number of thiophene rings is 1. The molecule has 0 radical (unpaired) electrons. The molecule has 2 aliphatic rings. The van der Waals surface area contributed by atoms with Gasteiger partial charge in [0.1, 0.15) is 5.54 Å². The van der Waals surface area contributed by atoms with Crippen molar-refractivity contribution in [3.8, 4) is 0 Å². The number of nitrogens with zero attached hydrogens (tertiary/aromatic N) is 3. The van der Waals surface area contributed by atoms with E-state index >= 15 is 0 Å². The molecule has 0 spiro atoms. The number of rotatable bonds is 7. The first-order chi connectivity index (χ1) is 15.9. The first-order valence-electron chi connectivity index (χ1n) is 10.9. The molecule has 9 nitrogen and oxygen atoms in total. The second-order valence-electron chi connectivity index (χ2n) is 8.47. The highest BCUT2D eigenvalue weighted by Crippen LogP contribution is 2.22. The van der Waals surface area contributed by atoms with Gasteiger partial charge in [-0.2, -0.15) is 5.01 Å². The van der Waals surface area contributed by atoms with Crippen LogP contribution in [0.1, 0.15) is 28.6 Å². The molecule has 3 heterocycles. The molecule has 2 fully saturated rings. The molecule has 0 unspecified atom stereocenters. The lowest BCUT2D eigenvalue weighted by Crippen LogP contribution is -2.54. The van der Waals surface area contributed by atoms with E-state index in [4.69, 9.17) is 0 Å². The molecule has 0 bridgehead atoms. The van der Waals surface area contributed by atoms with E-state index in [2.05, 4.69) is 10.7 Å². The maximum atomic E-state index is 12.9. The summed E-state index contributed by atoms with van der Waals surface area (Å²) < 4.78 is 0. The summed E-state index contributed by atoms with van der Waals surface area (Å²) in [5, 5.41) is 5.36. The van der Waals surface area contributed by atoms with E-state index in [1.165, 1.54) is 11.3 Å². The zero-order chi connectivity index (χ0) is 23.4. The second-order valence-corrected chi connectivity index (χ2v) is 9.42. The Balaban J connectivity index is 1.26. The number of piperazine rings is 1. The van der Waals surface area contributed by atoms with Crippen LogP contribution in [0.25, 0.3) is 0 Å². The van der Waals surface area contributed by atoms with Crippen molar-refractivity contribution in [3.05, 3.63) is 58.3 Å². The monoisotopic (exact) mass is 469 g/mol. The summed E-state index contributed by atoms with van der Waals surface area (Å²) in [6.45, 7) is 3.83. The van der Waals surface area contributed by atoms with Gasteiger partial charge >= 0.3 is 6.03 Å². The topological polar surface area (TPSA) is 102 Å². The summed E-state index contributed by atoms with van der Waals surface area (Å²) >= 11 is 1.41. The Kier molecular flexibility index (Phi) is 6.75. The van der Waals surface area contributed by atoms with Gasteiger partial charge in [0.15, 0.2) is 0 Å². The summed E-state index contributed by atoms with van der Waals surface area (Å²) in [5.41, 5.74) is 2.44. The van der Waals surface area contributed by atoms with Crippen LogP contribution in [0.15, 0.2) is 47.8 Å². The molecule has 2 aromatic rings. The lowest BCUT2D eigenvalue weighted by atomic mass is 9.93. The third-order valence-electron chi connectivity index (χ3n) is 6.01. The SMILES string of the molecule is C[C@]1(CCc2ccccc2)NC(=O)N(NC(=O)CN2CCN(C(=O)c3cccs3)CC2)C1=O.